The van der Waals surface area contributed by atoms with Crippen LogP contribution in [0.3, 0.4) is 0 Å². The van der Waals surface area contributed by atoms with Crippen LogP contribution in [0, 0.1) is 0 Å². The molecule has 2 aromatic heterocycles. The number of aromatic nitrogens is 5. The van der Waals surface area contributed by atoms with Gasteiger partial charge < -0.3 is 20.7 Å². The SMILES string of the molecule is COc1cc(-n2cc(CN3CCNCC3)nn2)ccc1Nc1ncc(Cl)c(Nc2ccccc2S(=O)(=O)C(C)C)n1. The van der Waals surface area contributed by atoms with Crippen molar-refractivity contribution >= 4 is 44.6 Å². The van der Waals surface area contributed by atoms with Gasteiger partial charge in [0.05, 0.1) is 52.4 Å². The molecule has 0 saturated carbocycles. The highest BCUT2D eigenvalue weighted by molar-refractivity contribution is 7.92. The molecule has 0 radical (unpaired) electrons. The molecule has 0 atom stereocenters. The predicted octanol–water partition coefficient (Wildman–Crippen LogP) is 3.79. The number of sulfone groups is 1. The number of ether oxygens (including phenoxy) is 1. The van der Waals surface area contributed by atoms with Crippen LogP contribution < -0.4 is 20.7 Å². The Morgan fingerprint density at radius 1 is 1.10 bits per heavy atom. The predicted molar refractivity (Wildman–Crippen MR) is 158 cm³/mol. The van der Waals surface area contributed by atoms with Crippen LogP contribution in [-0.2, 0) is 16.4 Å². The summed E-state index contributed by atoms with van der Waals surface area (Å²) in [6, 6.07) is 12.2. The first-order valence-corrected chi connectivity index (χ1v) is 15.1. The maximum Gasteiger partial charge on any atom is 0.229 e. The molecule has 4 aromatic rings. The number of hydrogen-bond acceptors (Lipinski definition) is 11. The van der Waals surface area contributed by atoms with Crippen molar-refractivity contribution in [2.45, 2.75) is 30.5 Å². The summed E-state index contributed by atoms with van der Waals surface area (Å²) in [6.45, 7) is 7.93. The van der Waals surface area contributed by atoms with Gasteiger partial charge in [0.25, 0.3) is 0 Å². The Bertz CT molecular complexity index is 1620. The monoisotopic (exact) mass is 597 g/mol. The molecule has 0 amide bonds. The van der Waals surface area contributed by atoms with Crippen LogP contribution in [0.5, 0.6) is 5.75 Å². The van der Waals surface area contributed by atoms with Gasteiger partial charge in [-0.3, -0.25) is 4.90 Å². The number of hydrogen-bond donors (Lipinski definition) is 3. The fourth-order valence-corrected chi connectivity index (χ4v) is 5.70. The highest BCUT2D eigenvalue weighted by atomic mass is 35.5. The third-order valence-corrected chi connectivity index (χ3v) is 9.13. The maximum absolute atomic E-state index is 12.9. The minimum atomic E-state index is -3.54. The van der Waals surface area contributed by atoms with E-state index in [1.54, 1.807) is 49.9 Å². The summed E-state index contributed by atoms with van der Waals surface area (Å²) < 4.78 is 33.1. The summed E-state index contributed by atoms with van der Waals surface area (Å²) in [5, 5.41) is 17.8. The van der Waals surface area contributed by atoms with E-state index in [0.717, 1.165) is 44.1 Å². The first-order chi connectivity index (χ1) is 19.7. The van der Waals surface area contributed by atoms with E-state index < -0.39 is 15.1 Å². The number of nitrogens with zero attached hydrogens (tertiary/aromatic N) is 6. The molecule has 12 nitrogen and oxygen atoms in total. The van der Waals surface area contributed by atoms with E-state index in [9.17, 15) is 8.42 Å². The maximum atomic E-state index is 12.9. The normalized spacial score (nSPS) is 14.3. The van der Waals surface area contributed by atoms with Crippen molar-refractivity contribution in [3.8, 4) is 11.4 Å². The van der Waals surface area contributed by atoms with Crippen LogP contribution in [0.25, 0.3) is 5.69 Å². The molecule has 0 bridgehead atoms. The second-order valence-electron chi connectivity index (χ2n) is 9.80. The summed E-state index contributed by atoms with van der Waals surface area (Å²) in [6.07, 6.45) is 3.36. The number of halogens is 1. The molecule has 3 N–H and O–H groups in total. The summed E-state index contributed by atoms with van der Waals surface area (Å²) in [4.78, 5) is 11.3. The first-order valence-electron chi connectivity index (χ1n) is 13.2. The molecule has 0 unspecified atom stereocenters. The lowest BCUT2D eigenvalue weighted by Crippen LogP contribution is -2.42. The van der Waals surface area contributed by atoms with Gasteiger partial charge in [-0.1, -0.05) is 28.9 Å². The number of nitrogens with one attached hydrogen (secondary N) is 3. The molecule has 0 aliphatic carbocycles. The Morgan fingerprint density at radius 2 is 1.88 bits per heavy atom. The average Bonchev–Trinajstić information content (AvgIpc) is 3.44. The number of rotatable bonds is 10. The molecule has 3 heterocycles. The number of methoxy groups -OCH3 is 1. The van der Waals surface area contributed by atoms with E-state index in [1.807, 2.05) is 24.4 Å². The number of anilines is 4. The van der Waals surface area contributed by atoms with E-state index in [1.165, 1.54) is 6.20 Å². The van der Waals surface area contributed by atoms with Crippen molar-refractivity contribution in [1.82, 2.24) is 35.2 Å². The standard InChI is InChI=1S/C27H32ClN9O3S/c1-18(2)41(38,39)25-7-5-4-6-23(25)31-26-21(28)15-30-27(33-26)32-22-9-8-20(14-24(22)40-3)37-17-19(34-35-37)16-36-12-10-29-11-13-36/h4-9,14-15,17-18,29H,10-13,16H2,1-3H3,(H2,30,31,32,33). The molecule has 41 heavy (non-hydrogen) atoms. The first kappa shape index (κ1) is 28.7. The molecular weight excluding hydrogens is 566 g/mol. The highest BCUT2D eigenvalue weighted by Crippen LogP contribution is 2.32. The van der Waals surface area contributed by atoms with Crippen LogP contribution >= 0.6 is 11.6 Å². The fraction of sp³-hybridized carbons (Fsp3) is 0.333. The minimum absolute atomic E-state index is 0.167. The van der Waals surface area contributed by atoms with Crippen LogP contribution in [0.1, 0.15) is 19.5 Å². The minimum Gasteiger partial charge on any atom is -0.494 e. The molecule has 1 saturated heterocycles. The molecule has 0 spiro atoms. The van der Waals surface area contributed by atoms with E-state index in [0.29, 0.717) is 17.1 Å². The van der Waals surface area contributed by atoms with Crippen molar-refractivity contribution in [2.75, 3.05) is 43.9 Å². The molecular formula is C27H32ClN9O3S. The zero-order valence-corrected chi connectivity index (χ0v) is 24.6. The molecule has 5 rings (SSSR count). The van der Waals surface area contributed by atoms with Crippen molar-refractivity contribution in [2.24, 2.45) is 0 Å². The van der Waals surface area contributed by atoms with Crippen LogP contribution in [0.4, 0.5) is 23.1 Å². The van der Waals surface area contributed by atoms with E-state index in [-0.39, 0.29) is 21.7 Å². The number of piperazine rings is 1. The van der Waals surface area contributed by atoms with Gasteiger partial charge in [-0.25, -0.2) is 18.1 Å². The molecule has 14 heteroatoms. The van der Waals surface area contributed by atoms with Crippen LogP contribution in [-0.4, -0.2) is 76.8 Å². The Kier molecular flexibility index (Phi) is 8.68. The molecule has 1 fully saturated rings. The van der Waals surface area contributed by atoms with Crippen molar-refractivity contribution < 1.29 is 13.2 Å². The van der Waals surface area contributed by atoms with Gasteiger partial charge in [0.2, 0.25) is 5.95 Å². The number of para-hydroxylation sites is 1. The topological polar surface area (TPSA) is 139 Å². The van der Waals surface area contributed by atoms with Gasteiger partial charge in [-0.05, 0) is 38.1 Å². The van der Waals surface area contributed by atoms with Crippen molar-refractivity contribution in [3.63, 3.8) is 0 Å². The zero-order valence-electron chi connectivity index (χ0n) is 23.0. The fourth-order valence-electron chi connectivity index (χ4n) is 4.36. The lowest BCUT2D eigenvalue weighted by atomic mass is 10.2. The van der Waals surface area contributed by atoms with E-state index in [2.05, 4.69) is 41.1 Å². The zero-order chi connectivity index (χ0) is 29.0. The van der Waals surface area contributed by atoms with Crippen LogP contribution in [0.2, 0.25) is 5.02 Å². The van der Waals surface area contributed by atoms with Gasteiger partial charge in [-0.2, -0.15) is 4.98 Å². The van der Waals surface area contributed by atoms with Crippen molar-refractivity contribution in [3.05, 3.63) is 65.6 Å². The Balaban J connectivity index is 1.35. The molecule has 1 aliphatic rings. The Labute approximate surface area is 244 Å². The van der Waals surface area contributed by atoms with E-state index >= 15 is 0 Å². The largest absolute Gasteiger partial charge is 0.494 e. The Morgan fingerprint density at radius 3 is 2.63 bits per heavy atom. The highest BCUT2D eigenvalue weighted by Gasteiger charge is 2.23. The van der Waals surface area contributed by atoms with E-state index in [4.69, 9.17) is 16.3 Å². The summed E-state index contributed by atoms with van der Waals surface area (Å²) in [5.74, 6) is 1.04. The summed E-state index contributed by atoms with van der Waals surface area (Å²) in [5.41, 5.74) is 2.67. The van der Waals surface area contributed by atoms with Crippen molar-refractivity contribution in [1.29, 1.82) is 0 Å². The van der Waals surface area contributed by atoms with Gasteiger partial charge in [-0.15, -0.1) is 5.10 Å². The lowest BCUT2D eigenvalue weighted by molar-refractivity contribution is 0.230. The van der Waals surface area contributed by atoms with Gasteiger partial charge in [0, 0.05) is 38.8 Å². The third kappa shape index (κ3) is 6.59. The summed E-state index contributed by atoms with van der Waals surface area (Å²) in [7, 11) is -1.97. The quantitative estimate of drug-likeness (QED) is 0.246. The molecule has 216 valence electrons. The molecule has 2 aromatic carbocycles. The van der Waals surface area contributed by atoms with Crippen LogP contribution in [0.15, 0.2) is 59.8 Å². The van der Waals surface area contributed by atoms with Gasteiger partial charge >= 0.3 is 0 Å². The average molecular weight is 598 g/mol. The second kappa shape index (κ2) is 12.4. The van der Waals surface area contributed by atoms with Gasteiger partial charge in [0.15, 0.2) is 15.7 Å². The lowest BCUT2D eigenvalue weighted by Gasteiger charge is -2.25. The summed E-state index contributed by atoms with van der Waals surface area (Å²) >= 11 is 6.38. The third-order valence-electron chi connectivity index (χ3n) is 6.64. The number of benzene rings is 2. The smallest absolute Gasteiger partial charge is 0.229 e. The second-order valence-corrected chi connectivity index (χ2v) is 12.7. The Hall–Kier alpha value is -3.78. The molecule has 1 aliphatic heterocycles. The van der Waals surface area contributed by atoms with Gasteiger partial charge in [0.1, 0.15) is 10.8 Å².